The molecule has 0 spiro atoms. The minimum Gasteiger partial charge on any atom is -0.379 e. The largest absolute Gasteiger partial charge is 0.379 e. The lowest BCUT2D eigenvalue weighted by Gasteiger charge is -2.33. The Bertz CT molecular complexity index is 755. The average molecular weight is 379 g/mol. The number of benzene rings is 1. The van der Waals surface area contributed by atoms with Crippen LogP contribution in [-0.4, -0.2) is 51.0 Å². The Morgan fingerprint density at radius 1 is 1.19 bits per heavy atom. The fourth-order valence-electron chi connectivity index (χ4n) is 3.44. The molecule has 6 nitrogen and oxygen atoms in total. The highest BCUT2D eigenvalue weighted by Gasteiger charge is 2.61. The smallest absolute Gasteiger partial charge is 0.242 e. The van der Waals surface area contributed by atoms with Crippen molar-refractivity contribution in [3.05, 3.63) is 30.3 Å². The van der Waals surface area contributed by atoms with Gasteiger partial charge in [0.1, 0.15) is 6.10 Å². The molecule has 3 aliphatic rings. The summed E-state index contributed by atoms with van der Waals surface area (Å²) in [6.45, 7) is 1.68. The second-order valence-electron chi connectivity index (χ2n) is 7.57. The number of carbonyl (C=O) groups excluding carboxylic acids is 1. The predicted octanol–water partition coefficient (Wildman–Crippen LogP) is 1.69. The minimum absolute atomic E-state index is 0.196. The van der Waals surface area contributed by atoms with Crippen LogP contribution in [-0.2, 0) is 24.1 Å². The van der Waals surface area contributed by atoms with Gasteiger partial charge in [0.05, 0.1) is 17.5 Å². The van der Waals surface area contributed by atoms with E-state index in [1.807, 2.05) is 0 Å². The number of carbonyl (C=O) groups is 1. The first-order chi connectivity index (χ1) is 12.5. The maximum atomic E-state index is 13.0. The molecule has 4 rings (SSSR count). The van der Waals surface area contributed by atoms with E-state index in [-0.39, 0.29) is 17.0 Å². The molecular formula is C19H25NO5S. The highest BCUT2D eigenvalue weighted by molar-refractivity contribution is 7.94. The number of amides is 1. The van der Waals surface area contributed by atoms with E-state index < -0.39 is 20.5 Å². The molecule has 1 N–H and O–H groups in total. The fourth-order valence-corrected chi connectivity index (χ4v) is 5.35. The van der Waals surface area contributed by atoms with E-state index in [1.165, 1.54) is 12.8 Å². The minimum atomic E-state index is -3.69. The summed E-state index contributed by atoms with van der Waals surface area (Å²) in [6.07, 6.45) is 3.57. The third kappa shape index (κ3) is 3.40. The number of hydrogen-bond donors (Lipinski definition) is 1. The van der Waals surface area contributed by atoms with Gasteiger partial charge >= 0.3 is 0 Å². The highest BCUT2D eigenvalue weighted by atomic mass is 32.2. The number of ether oxygens (including phenoxy) is 2. The monoisotopic (exact) mass is 379 g/mol. The zero-order chi connectivity index (χ0) is 18.2. The predicted molar refractivity (Wildman–Crippen MR) is 95.4 cm³/mol. The Kier molecular flexibility index (Phi) is 4.79. The maximum absolute atomic E-state index is 13.0. The summed E-state index contributed by atoms with van der Waals surface area (Å²) in [5, 5.41) is 2.97. The van der Waals surface area contributed by atoms with Crippen molar-refractivity contribution >= 4 is 15.7 Å². The Labute approximate surface area is 154 Å². The molecule has 1 saturated heterocycles. The quantitative estimate of drug-likeness (QED) is 0.780. The van der Waals surface area contributed by atoms with Gasteiger partial charge in [0, 0.05) is 13.2 Å². The van der Waals surface area contributed by atoms with Crippen LogP contribution in [0.3, 0.4) is 0 Å². The van der Waals surface area contributed by atoms with E-state index >= 15 is 0 Å². The van der Waals surface area contributed by atoms with Crippen LogP contribution < -0.4 is 5.32 Å². The average Bonchev–Trinajstić information content (AvgIpc) is 3.56. The van der Waals surface area contributed by atoms with E-state index in [1.54, 1.807) is 30.3 Å². The van der Waals surface area contributed by atoms with Crippen LogP contribution in [0.25, 0.3) is 0 Å². The Hall–Kier alpha value is -1.44. The van der Waals surface area contributed by atoms with Crippen LogP contribution in [0.4, 0.5) is 0 Å². The number of rotatable bonds is 7. The molecule has 0 radical (unpaired) electrons. The molecule has 1 amide bonds. The number of sulfone groups is 1. The summed E-state index contributed by atoms with van der Waals surface area (Å²) in [6, 6.07) is 8.04. The van der Waals surface area contributed by atoms with Gasteiger partial charge in [-0.1, -0.05) is 18.2 Å². The van der Waals surface area contributed by atoms with Gasteiger partial charge < -0.3 is 14.8 Å². The van der Waals surface area contributed by atoms with Crippen molar-refractivity contribution in [3.8, 4) is 0 Å². The van der Waals surface area contributed by atoms with Gasteiger partial charge in [-0.2, -0.15) is 0 Å². The van der Waals surface area contributed by atoms with E-state index in [9.17, 15) is 13.2 Å². The fraction of sp³-hybridized carbons (Fsp3) is 0.632. The maximum Gasteiger partial charge on any atom is 0.242 e. The first-order valence-corrected chi connectivity index (χ1v) is 10.8. The first-order valence-electron chi connectivity index (χ1n) is 9.33. The molecule has 1 aromatic carbocycles. The zero-order valence-electron chi connectivity index (χ0n) is 14.7. The standard InChI is InChI=1S/C19H25NO5S/c21-18(19(9-10-19)26(22,23)15-4-2-1-3-5-15)20-16-8-11-24-13-17(16)25-12-14-6-7-14/h1-5,14,16-17H,6-13H2,(H,20,21)/t16-,17-/m1/s1. The van der Waals surface area contributed by atoms with E-state index in [4.69, 9.17) is 9.47 Å². The van der Waals surface area contributed by atoms with Gasteiger partial charge in [-0.25, -0.2) is 8.42 Å². The van der Waals surface area contributed by atoms with Gasteiger partial charge in [0.15, 0.2) is 14.6 Å². The number of hydrogen-bond acceptors (Lipinski definition) is 5. The summed E-state index contributed by atoms with van der Waals surface area (Å²) < 4.78 is 36.1. The molecule has 3 fully saturated rings. The molecule has 7 heteroatoms. The lowest BCUT2D eigenvalue weighted by atomic mass is 10.1. The highest BCUT2D eigenvalue weighted by Crippen LogP contribution is 2.47. The molecule has 1 aliphatic heterocycles. The first kappa shape index (κ1) is 17.9. The number of nitrogens with one attached hydrogen (secondary N) is 1. The molecule has 0 bridgehead atoms. The molecular weight excluding hydrogens is 354 g/mol. The van der Waals surface area contributed by atoms with Gasteiger partial charge in [0.2, 0.25) is 5.91 Å². The lowest BCUT2D eigenvalue weighted by Crippen LogP contribution is -2.54. The van der Waals surface area contributed by atoms with E-state index in [2.05, 4.69) is 5.32 Å². The Balaban J connectivity index is 1.46. The normalized spacial score (nSPS) is 27.7. The summed E-state index contributed by atoms with van der Waals surface area (Å²) >= 11 is 0. The molecule has 142 valence electrons. The van der Waals surface area contributed by atoms with Crippen molar-refractivity contribution in [2.45, 2.75) is 53.9 Å². The topological polar surface area (TPSA) is 81.7 Å². The van der Waals surface area contributed by atoms with E-state index in [0.717, 1.165) is 0 Å². The van der Waals surface area contributed by atoms with Crippen molar-refractivity contribution in [1.82, 2.24) is 5.32 Å². The third-order valence-corrected chi connectivity index (χ3v) is 8.06. The molecule has 26 heavy (non-hydrogen) atoms. The van der Waals surface area contributed by atoms with Crippen molar-refractivity contribution < 1.29 is 22.7 Å². The second kappa shape index (κ2) is 6.94. The lowest BCUT2D eigenvalue weighted by molar-refractivity contribution is -0.126. The molecule has 2 aliphatic carbocycles. The zero-order valence-corrected chi connectivity index (χ0v) is 15.5. The van der Waals surface area contributed by atoms with Crippen molar-refractivity contribution in [2.24, 2.45) is 5.92 Å². The molecule has 1 aromatic rings. The summed E-state index contributed by atoms with van der Waals surface area (Å²) in [5.41, 5.74) is 0. The van der Waals surface area contributed by atoms with Gasteiger partial charge in [-0.3, -0.25) is 4.79 Å². The summed E-state index contributed by atoms with van der Waals surface area (Å²) in [4.78, 5) is 13.1. The van der Waals surface area contributed by atoms with Crippen molar-refractivity contribution in [2.75, 3.05) is 19.8 Å². The van der Waals surface area contributed by atoms with Gasteiger partial charge in [-0.05, 0) is 50.2 Å². The van der Waals surface area contributed by atoms with Crippen LogP contribution >= 0.6 is 0 Å². The SMILES string of the molecule is O=C(N[C@@H]1CCOC[C@H]1OCC1CC1)C1(S(=O)(=O)c2ccccc2)CC1. The third-order valence-electron chi connectivity index (χ3n) is 5.55. The summed E-state index contributed by atoms with van der Waals surface area (Å²) in [7, 11) is -3.69. The molecule has 0 aromatic heterocycles. The Morgan fingerprint density at radius 3 is 2.58 bits per heavy atom. The Morgan fingerprint density at radius 2 is 1.92 bits per heavy atom. The van der Waals surface area contributed by atoms with Crippen LogP contribution in [0, 0.1) is 5.92 Å². The van der Waals surface area contributed by atoms with Crippen LogP contribution in [0.2, 0.25) is 0 Å². The van der Waals surface area contributed by atoms with Crippen molar-refractivity contribution in [3.63, 3.8) is 0 Å². The second-order valence-corrected chi connectivity index (χ2v) is 9.83. The van der Waals surface area contributed by atoms with E-state index in [0.29, 0.717) is 45.0 Å². The van der Waals surface area contributed by atoms with Gasteiger partial charge in [0.25, 0.3) is 0 Å². The van der Waals surface area contributed by atoms with Crippen LogP contribution in [0.5, 0.6) is 0 Å². The van der Waals surface area contributed by atoms with Crippen LogP contribution in [0.15, 0.2) is 35.2 Å². The molecule has 0 unspecified atom stereocenters. The van der Waals surface area contributed by atoms with Crippen molar-refractivity contribution in [1.29, 1.82) is 0 Å². The molecule has 1 heterocycles. The van der Waals surface area contributed by atoms with Gasteiger partial charge in [-0.15, -0.1) is 0 Å². The van der Waals surface area contributed by atoms with Crippen LogP contribution in [0.1, 0.15) is 32.1 Å². The molecule has 2 atom stereocenters. The molecule has 2 saturated carbocycles. The summed E-state index contributed by atoms with van der Waals surface area (Å²) in [5.74, 6) is 0.231.